The Bertz CT molecular complexity index is 730. The summed E-state index contributed by atoms with van der Waals surface area (Å²) in [7, 11) is 0. The number of rotatable bonds is 7. The van der Waals surface area contributed by atoms with Crippen LogP contribution in [0, 0.1) is 5.41 Å². The predicted octanol–water partition coefficient (Wildman–Crippen LogP) is 2.76. The number of nitrogens with one attached hydrogen (secondary N) is 2. The first-order valence-corrected chi connectivity index (χ1v) is 8.16. The molecule has 2 aromatic rings. The number of para-hydroxylation sites is 2. The maximum atomic E-state index is 12.6. The van der Waals surface area contributed by atoms with Crippen molar-refractivity contribution in [2.24, 2.45) is 5.41 Å². The fraction of sp³-hybridized carbons (Fsp3) is 0.316. The molecule has 0 saturated carbocycles. The van der Waals surface area contributed by atoms with Gasteiger partial charge in [0.1, 0.15) is 11.2 Å². The van der Waals surface area contributed by atoms with Crippen molar-refractivity contribution < 1.29 is 14.3 Å². The van der Waals surface area contributed by atoms with E-state index in [1.807, 2.05) is 25.1 Å². The van der Waals surface area contributed by atoms with Gasteiger partial charge in [0.15, 0.2) is 0 Å². The lowest BCUT2D eigenvalue weighted by Crippen LogP contribution is -2.45. The number of nitrogens with zero attached hydrogens (tertiary/aromatic N) is 1. The number of carbonyl (C=O) groups excluding carboxylic acids is 2. The van der Waals surface area contributed by atoms with Crippen LogP contribution in [0.1, 0.15) is 26.5 Å². The lowest BCUT2D eigenvalue weighted by atomic mass is 9.91. The van der Waals surface area contributed by atoms with Crippen LogP contribution in [0.3, 0.4) is 0 Å². The van der Waals surface area contributed by atoms with E-state index in [1.165, 1.54) is 0 Å². The van der Waals surface area contributed by atoms with E-state index in [1.54, 1.807) is 44.3 Å². The van der Waals surface area contributed by atoms with Crippen molar-refractivity contribution in [3.63, 3.8) is 0 Å². The monoisotopic (exact) mass is 341 g/mol. The molecule has 1 heterocycles. The van der Waals surface area contributed by atoms with Gasteiger partial charge in [-0.05, 0) is 45.0 Å². The first-order valence-electron chi connectivity index (χ1n) is 8.16. The first-order chi connectivity index (χ1) is 11.9. The standard InChI is InChI=1S/C19H23N3O3/c1-4-25-16-11-6-5-10-15(16)22-18(24)19(2,3)17(23)21-13-14-9-7-8-12-20-14/h5-12H,4,13H2,1-3H3,(H,21,23)(H,22,24). The third-order valence-corrected chi connectivity index (χ3v) is 3.73. The van der Waals surface area contributed by atoms with E-state index in [0.29, 0.717) is 18.0 Å². The Kier molecular flexibility index (Phi) is 6.11. The number of hydrogen-bond acceptors (Lipinski definition) is 4. The maximum Gasteiger partial charge on any atom is 0.239 e. The van der Waals surface area contributed by atoms with Crippen LogP contribution in [0.25, 0.3) is 0 Å². The zero-order chi connectivity index (χ0) is 18.3. The fourth-order valence-electron chi connectivity index (χ4n) is 2.13. The van der Waals surface area contributed by atoms with Crippen molar-refractivity contribution in [2.75, 3.05) is 11.9 Å². The van der Waals surface area contributed by atoms with E-state index in [9.17, 15) is 9.59 Å². The fourth-order valence-corrected chi connectivity index (χ4v) is 2.13. The van der Waals surface area contributed by atoms with Gasteiger partial charge in [-0.25, -0.2) is 0 Å². The molecular formula is C19H23N3O3. The molecule has 0 aliphatic heterocycles. The summed E-state index contributed by atoms with van der Waals surface area (Å²) in [5.41, 5.74) is 0.0300. The summed E-state index contributed by atoms with van der Waals surface area (Å²) in [6, 6.07) is 12.6. The molecular weight excluding hydrogens is 318 g/mol. The lowest BCUT2D eigenvalue weighted by Gasteiger charge is -2.23. The van der Waals surface area contributed by atoms with E-state index in [2.05, 4.69) is 15.6 Å². The van der Waals surface area contributed by atoms with Crippen molar-refractivity contribution in [3.05, 3.63) is 54.4 Å². The van der Waals surface area contributed by atoms with Gasteiger partial charge < -0.3 is 15.4 Å². The Morgan fingerprint density at radius 1 is 1.08 bits per heavy atom. The smallest absolute Gasteiger partial charge is 0.239 e. The highest BCUT2D eigenvalue weighted by atomic mass is 16.5. The quantitative estimate of drug-likeness (QED) is 0.759. The molecule has 0 fully saturated rings. The summed E-state index contributed by atoms with van der Waals surface area (Å²) in [5, 5.41) is 5.53. The van der Waals surface area contributed by atoms with E-state index in [4.69, 9.17) is 4.74 Å². The van der Waals surface area contributed by atoms with Crippen LogP contribution >= 0.6 is 0 Å². The van der Waals surface area contributed by atoms with Gasteiger partial charge in [-0.15, -0.1) is 0 Å². The van der Waals surface area contributed by atoms with Crippen LogP contribution in [0.5, 0.6) is 5.75 Å². The van der Waals surface area contributed by atoms with Crippen LogP contribution < -0.4 is 15.4 Å². The number of hydrogen-bond donors (Lipinski definition) is 2. The van der Waals surface area contributed by atoms with Crippen LogP contribution in [0.4, 0.5) is 5.69 Å². The maximum absolute atomic E-state index is 12.6. The highest BCUT2D eigenvalue weighted by molar-refractivity contribution is 6.10. The van der Waals surface area contributed by atoms with E-state index >= 15 is 0 Å². The zero-order valence-electron chi connectivity index (χ0n) is 14.7. The Labute approximate surface area is 147 Å². The molecule has 0 saturated heterocycles. The number of anilines is 1. The van der Waals surface area contributed by atoms with E-state index in [-0.39, 0.29) is 12.5 Å². The molecule has 2 amide bonds. The van der Waals surface area contributed by atoms with Crippen LogP contribution in [-0.2, 0) is 16.1 Å². The van der Waals surface area contributed by atoms with Crippen molar-refractivity contribution in [1.29, 1.82) is 0 Å². The molecule has 132 valence electrons. The normalized spacial score (nSPS) is 10.8. The second-order valence-electron chi connectivity index (χ2n) is 6.01. The molecule has 0 unspecified atom stereocenters. The molecule has 2 N–H and O–H groups in total. The summed E-state index contributed by atoms with van der Waals surface area (Å²) in [6.45, 7) is 5.79. The van der Waals surface area contributed by atoms with Gasteiger partial charge in [0, 0.05) is 6.20 Å². The van der Waals surface area contributed by atoms with Gasteiger partial charge in [0.2, 0.25) is 11.8 Å². The van der Waals surface area contributed by atoms with Gasteiger partial charge in [-0.2, -0.15) is 0 Å². The van der Waals surface area contributed by atoms with Gasteiger partial charge >= 0.3 is 0 Å². The first kappa shape index (κ1) is 18.4. The summed E-state index contributed by atoms with van der Waals surface area (Å²) in [4.78, 5) is 29.2. The minimum atomic E-state index is -1.24. The molecule has 1 aromatic heterocycles. The number of benzene rings is 1. The second kappa shape index (κ2) is 8.28. The highest BCUT2D eigenvalue weighted by Gasteiger charge is 2.36. The third kappa shape index (κ3) is 4.79. The molecule has 0 atom stereocenters. The SMILES string of the molecule is CCOc1ccccc1NC(=O)C(C)(C)C(=O)NCc1ccccn1. The summed E-state index contributed by atoms with van der Waals surface area (Å²) in [5.74, 6) is -0.203. The minimum absolute atomic E-state index is 0.270. The number of amides is 2. The topological polar surface area (TPSA) is 80.3 Å². The summed E-state index contributed by atoms with van der Waals surface area (Å²) in [6.07, 6.45) is 1.66. The highest BCUT2D eigenvalue weighted by Crippen LogP contribution is 2.26. The van der Waals surface area contributed by atoms with Crippen LogP contribution in [0.2, 0.25) is 0 Å². The Balaban J connectivity index is 2.02. The molecule has 2 rings (SSSR count). The van der Waals surface area contributed by atoms with Gasteiger partial charge in [0.05, 0.1) is 24.5 Å². The largest absolute Gasteiger partial charge is 0.492 e. The van der Waals surface area contributed by atoms with E-state index < -0.39 is 11.3 Å². The third-order valence-electron chi connectivity index (χ3n) is 3.73. The molecule has 25 heavy (non-hydrogen) atoms. The zero-order valence-corrected chi connectivity index (χ0v) is 14.7. The summed E-state index contributed by atoms with van der Waals surface area (Å²) < 4.78 is 5.49. The minimum Gasteiger partial charge on any atom is -0.492 e. The number of ether oxygens (including phenoxy) is 1. The number of pyridine rings is 1. The second-order valence-corrected chi connectivity index (χ2v) is 6.01. The van der Waals surface area contributed by atoms with Crippen molar-refractivity contribution in [2.45, 2.75) is 27.3 Å². The van der Waals surface area contributed by atoms with E-state index in [0.717, 1.165) is 5.69 Å². The summed E-state index contributed by atoms with van der Waals surface area (Å²) >= 11 is 0. The molecule has 0 spiro atoms. The molecule has 1 aromatic carbocycles. The number of aromatic nitrogens is 1. The predicted molar refractivity (Wildman–Crippen MR) is 96.1 cm³/mol. The van der Waals surface area contributed by atoms with Crippen LogP contribution in [0.15, 0.2) is 48.7 Å². The van der Waals surface area contributed by atoms with Crippen molar-refractivity contribution in [3.8, 4) is 5.75 Å². The molecule has 6 heteroatoms. The molecule has 0 aliphatic rings. The van der Waals surface area contributed by atoms with Gasteiger partial charge in [0.25, 0.3) is 0 Å². The van der Waals surface area contributed by atoms with Crippen molar-refractivity contribution in [1.82, 2.24) is 10.3 Å². The Morgan fingerprint density at radius 2 is 1.80 bits per heavy atom. The molecule has 0 radical (unpaired) electrons. The molecule has 0 aliphatic carbocycles. The Hall–Kier alpha value is -2.89. The average molecular weight is 341 g/mol. The van der Waals surface area contributed by atoms with Gasteiger partial charge in [-0.1, -0.05) is 18.2 Å². The molecule has 6 nitrogen and oxygen atoms in total. The van der Waals surface area contributed by atoms with Gasteiger partial charge in [-0.3, -0.25) is 14.6 Å². The lowest BCUT2D eigenvalue weighted by molar-refractivity contribution is -0.138. The Morgan fingerprint density at radius 3 is 2.48 bits per heavy atom. The van der Waals surface area contributed by atoms with Crippen molar-refractivity contribution >= 4 is 17.5 Å². The number of carbonyl (C=O) groups is 2. The average Bonchev–Trinajstić information content (AvgIpc) is 2.62. The molecule has 0 bridgehead atoms. The van der Waals surface area contributed by atoms with Crippen LogP contribution in [-0.4, -0.2) is 23.4 Å².